The van der Waals surface area contributed by atoms with Crippen LogP contribution in [0.1, 0.15) is 27.4 Å². The molecule has 1 amide bonds. The van der Waals surface area contributed by atoms with Crippen LogP contribution in [0.5, 0.6) is 5.75 Å². The van der Waals surface area contributed by atoms with E-state index in [1.165, 1.54) is 12.1 Å². The predicted octanol–water partition coefficient (Wildman–Crippen LogP) is 2.48. The van der Waals surface area contributed by atoms with E-state index in [1.54, 1.807) is 29.7 Å². The van der Waals surface area contributed by atoms with E-state index >= 15 is 0 Å². The lowest BCUT2D eigenvalue weighted by atomic mass is 10.2. The van der Waals surface area contributed by atoms with Gasteiger partial charge in [-0.3, -0.25) is 9.20 Å². The second-order valence-corrected chi connectivity index (χ2v) is 5.63. The van der Waals surface area contributed by atoms with Gasteiger partial charge in [0.2, 0.25) is 0 Å². The normalized spacial score (nSPS) is 11.4. The number of nitrogens with one attached hydrogen (secondary N) is 1. The maximum Gasteiger partial charge on any atom is 0.275 e. The number of rotatable bonds is 3. The summed E-state index contributed by atoms with van der Waals surface area (Å²) >= 11 is 1.56. The molecule has 0 spiro atoms. The Labute approximate surface area is 130 Å². The summed E-state index contributed by atoms with van der Waals surface area (Å²) in [6.45, 7) is 3.88. The summed E-state index contributed by atoms with van der Waals surface area (Å²) in [4.78, 5) is 17.3. The van der Waals surface area contributed by atoms with E-state index in [9.17, 15) is 9.90 Å². The van der Waals surface area contributed by atoms with Gasteiger partial charge in [0.25, 0.3) is 5.91 Å². The van der Waals surface area contributed by atoms with Crippen LogP contribution in [0.4, 0.5) is 0 Å². The van der Waals surface area contributed by atoms with E-state index in [1.807, 2.05) is 23.6 Å². The fourth-order valence-electron chi connectivity index (χ4n) is 2.16. The summed E-state index contributed by atoms with van der Waals surface area (Å²) < 4.78 is 1.98. The number of aryl methyl sites for hydroxylation is 2. The number of aromatic nitrogens is 2. The quantitative estimate of drug-likeness (QED) is 0.576. The number of carbonyl (C=O) groups excluding carboxylic acids is 1. The molecule has 0 aliphatic carbocycles. The maximum atomic E-state index is 12.0. The van der Waals surface area contributed by atoms with Gasteiger partial charge in [-0.2, -0.15) is 5.10 Å². The number of hydrazone groups is 1. The van der Waals surface area contributed by atoms with Crippen molar-refractivity contribution in [2.24, 2.45) is 5.10 Å². The van der Waals surface area contributed by atoms with Gasteiger partial charge >= 0.3 is 0 Å². The molecule has 0 aliphatic rings. The van der Waals surface area contributed by atoms with Gasteiger partial charge in [0.15, 0.2) is 4.96 Å². The first-order chi connectivity index (χ1) is 10.6. The van der Waals surface area contributed by atoms with Gasteiger partial charge < -0.3 is 5.11 Å². The fourth-order valence-corrected chi connectivity index (χ4v) is 3.07. The van der Waals surface area contributed by atoms with Crippen LogP contribution in [0.2, 0.25) is 0 Å². The first-order valence-corrected chi connectivity index (χ1v) is 7.50. The van der Waals surface area contributed by atoms with Gasteiger partial charge in [0, 0.05) is 11.1 Å². The van der Waals surface area contributed by atoms with Crippen molar-refractivity contribution in [1.29, 1.82) is 0 Å². The summed E-state index contributed by atoms with van der Waals surface area (Å²) in [5.41, 5.74) is 5.33. The molecular weight excluding hydrogens is 300 g/mol. The molecule has 0 saturated carbocycles. The Hall–Kier alpha value is -2.67. The smallest absolute Gasteiger partial charge is 0.275 e. The lowest BCUT2D eigenvalue weighted by Crippen LogP contribution is -2.17. The molecule has 0 radical (unpaired) electrons. The molecule has 7 heteroatoms. The highest BCUT2D eigenvalue weighted by molar-refractivity contribution is 7.15. The summed E-state index contributed by atoms with van der Waals surface area (Å²) in [5, 5.41) is 15.6. The van der Waals surface area contributed by atoms with Crippen molar-refractivity contribution in [1.82, 2.24) is 14.8 Å². The van der Waals surface area contributed by atoms with Crippen LogP contribution in [-0.2, 0) is 0 Å². The summed E-state index contributed by atoms with van der Waals surface area (Å²) in [6.07, 6.45) is 1.56. The highest BCUT2D eigenvalue weighted by Gasteiger charge is 2.11. The number of imidazole rings is 1. The van der Waals surface area contributed by atoms with Gasteiger partial charge in [-0.05, 0) is 26.0 Å². The number of benzene rings is 1. The van der Waals surface area contributed by atoms with E-state index in [-0.39, 0.29) is 11.3 Å². The number of phenolic OH excluding ortho intramolecular Hbond substituents is 1. The average molecular weight is 314 g/mol. The number of hydrogen-bond acceptors (Lipinski definition) is 5. The fraction of sp³-hybridized carbons (Fsp3) is 0.133. The third kappa shape index (κ3) is 2.46. The molecule has 2 aromatic heterocycles. The maximum absolute atomic E-state index is 12.0. The Morgan fingerprint density at radius 2 is 2.18 bits per heavy atom. The van der Waals surface area contributed by atoms with Crippen molar-refractivity contribution >= 4 is 28.4 Å². The van der Waals surface area contributed by atoms with Crippen molar-refractivity contribution < 1.29 is 9.90 Å². The molecular formula is C15H14N4O2S. The van der Waals surface area contributed by atoms with Gasteiger partial charge in [-0.1, -0.05) is 12.1 Å². The topological polar surface area (TPSA) is 79.0 Å². The monoisotopic (exact) mass is 314 g/mol. The van der Waals surface area contributed by atoms with E-state index in [0.717, 1.165) is 22.0 Å². The highest BCUT2D eigenvalue weighted by Crippen LogP contribution is 2.19. The Morgan fingerprint density at radius 3 is 2.95 bits per heavy atom. The predicted molar refractivity (Wildman–Crippen MR) is 85.7 cm³/mol. The van der Waals surface area contributed by atoms with E-state index in [4.69, 9.17) is 0 Å². The molecule has 3 aromatic rings. The van der Waals surface area contributed by atoms with Gasteiger partial charge in [-0.15, -0.1) is 11.3 Å². The second kappa shape index (κ2) is 5.61. The average Bonchev–Trinajstić information content (AvgIpc) is 3.00. The number of carbonyl (C=O) groups is 1. The minimum atomic E-state index is -0.463. The zero-order valence-corrected chi connectivity index (χ0v) is 12.9. The minimum Gasteiger partial charge on any atom is -0.507 e. The van der Waals surface area contributed by atoms with Gasteiger partial charge in [0.05, 0.1) is 23.2 Å². The summed E-state index contributed by atoms with van der Waals surface area (Å²) in [7, 11) is 0. The Bertz CT molecular complexity index is 879. The van der Waals surface area contributed by atoms with Crippen LogP contribution >= 0.6 is 11.3 Å². The van der Waals surface area contributed by atoms with Crippen molar-refractivity contribution in [2.75, 3.05) is 0 Å². The SMILES string of the molecule is Cc1nc2scc(C)n2c1C=NNC(=O)c1ccccc1O. The largest absolute Gasteiger partial charge is 0.507 e. The van der Waals surface area contributed by atoms with Crippen LogP contribution in [-0.4, -0.2) is 26.6 Å². The zero-order valence-electron chi connectivity index (χ0n) is 12.1. The third-order valence-corrected chi connectivity index (χ3v) is 4.20. The molecule has 3 rings (SSSR count). The molecule has 0 bridgehead atoms. The number of nitrogens with zero attached hydrogens (tertiary/aromatic N) is 3. The highest BCUT2D eigenvalue weighted by atomic mass is 32.1. The molecule has 0 aliphatic heterocycles. The number of hydrogen-bond donors (Lipinski definition) is 2. The third-order valence-electron chi connectivity index (χ3n) is 3.26. The van der Waals surface area contributed by atoms with Crippen LogP contribution in [0.25, 0.3) is 4.96 Å². The van der Waals surface area contributed by atoms with Crippen LogP contribution in [0.15, 0.2) is 34.7 Å². The molecule has 0 unspecified atom stereocenters. The first kappa shape index (κ1) is 14.3. The first-order valence-electron chi connectivity index (χ1n) is 6.62. The Kier molecular flexibility index (Phi) is 3.64. The molecule has 6 nitrogen and oxygen atoms in total. The molecule has 0 fully saturated rings. The molecule has 22 heavy (non-hydrogen) atoms. The van der Waals surface area contributed by atoms with Crippen molar-refractivity contribution in [2.45, 2.75) is 13.8 Å². The second-order valence-electron chi connectivity index (χ2n) is 4.79. The molecule has 2 heterocycles. The Morgan fingerprint density at radius 1 is 1.41 bits per heavy atom. The van der Waals surface area contributed by atoms with E-state index < -0.39 is 5.91 Å². The summed E-state index contributed by atoms with van der Waals surface area (Å²) in [5.74, 6) is -0.540. The van der Waals surface area contributed by atoms with Crippen LogP contribution in [0, 0.1) is 13.8 Å². The number of para-hydroxylation sites is 1. The van der Waals surface area contributed by atoms with Crippen molar-refractivity contribution in [3.8, 4) is 5.75 Å². The number of aromatic hydroxyl groups is 1. The molecule has 1 aromatic carbocycles. The molecule has 2 N–H and O–H groups in total. The van der Waals surface area contributed by atoms with E-state index in [0.29, 0.717) is 0 Å². The summed E-state index contributed by atoms with van der Waals surface area (Å²) in [6, 6.07) is 6.32. The lowest BCUT2D eigenvalue weighted by Gasteiger charge is -2.02. The Balaban J connectivity index is 1.82. The van der Waals surface area contributed by atoms with E-state index in [2.05, 4.69) is 15.5 Å². The van der Waals surface area contributed by atoms with Crippen molar-refractivity contribution in [3.63, 3.8) is 0 Å². The number of phenols is 1. The number of thiazole rings is 1. The molecule has 0 saturated heterocycles. The van der Waals surface area contributed by atoms with Gasteiger partial charge in [-0.25, -0.2) is 10.4 Å². The molecule has 112 valence electrons. The lowest BCUT2D eigenvalue weighted by molar-refractivity contribution is 0.0952. The number of fused-ring (bicyclic) bond motifs is 1. The number of amides is 1. The van der Waals surface area contributed by atoms with Crippen molar-refractivity contribution in [3.05, 3.63) is 52.3 Å². The zero-order chi connectivity index (χ0) is 15.7. The van der Waals surface area contributed by atoms with Crippen LogP contribution < -0.4 is 5.43 Å². The molecule has 0 atom stereocenters. The standard InChI is InChI=1S/C15H14N4O2S/c1-9-8-22-15-17-10(2)12(19(9)15)7-16-18-14(21)11-5-3-4-6-13(11)20/h3-8,20H,1-2H3,(H,18,21). The van der Waals surface area contributed by atoms with Gasteiger partial charge in [0.1, 0.15) is 5.75 Å². The van der Waals surface area contributed by atoms with Crippen LogP contribution in [0.3, 0.4) is 0 Å². The minimum absolute atomic E-state index is 0.0770.